The van der Waals surface area contributed by atoms with Crippen molar-refractivity contribution in [2.45, 2.75) is 13.5 Å². The molecule has 0 bridgehead atoms. The molecule has 2 N–H and O–H groups in total. The van der Waals surface area contributed by atoms with Crippen molar-refractivity contribution >= 4 is 5.95 Å². The van der Waals surface area contributed by atoms with E-state index in [9.17, 15) is 0 Å². The molecule has 0 aliphatic heterocycles. The van der Waals surface area contributed by atoms with E-state index in [1.807, 2.05) is 13.0 Å². The number of aromatic amines is 1. The number of H-pyrrole nitrogens is 1. The van der Waals surface area contributed by atoms with Gasteiger partial charge in [-0.05, 0) is 13.0 Å². The summed E-state index contributed by atoms with van der Waals surface area (Å²) in [4.78, 5) is 12.1. The molecule has 0 aliphatic rings. The first-order valence-electron chi connectivity index (χ1n) is 4.62. The monoisotopic (exact) mass is 215 g/mol. The fourth-order valence-corrected chi connectivity index (χ4v) is 1.18. The highest BCUT2D eigenvalue weighted by Crippen LogP contribution is 2.04. The summed E-state index contributed by atoms with van der Waals surface area (Å²) in [5.74, 6) is 1.09. The molecule has 80 valence electrons. The van der Waals surface area contributed by atoms with Gasteiger partial charge in [0.1, 0.15) is 23.9 Å². The van der Waals surface area contributed by atoms with Crippen molar-refractivity contribution < 1.29 is 0 Å². The third-order valence-electron chi connectivity index (χ3n) is 1.85. The average molecular weight is 215 g/mol. The lowest BCUT2D eigenvalue weighted by atomic mass is 10.3. The van der Waals surface area contributed by atoms with Gasteiger partial charge in [-0.25, -0.2) is 15.0 Å². The van der Waals surface area contributed by atoms with Crippen LogP contribution >= 0.6 is 0 Å². The van der Waals surface area contributed by atoms with Crippen LogP contribution in [-0.2, 0) is 6.54 Å². The molecule has 2 rings (SSSR count). The first-order chi connectivity index (χ1) is 7.78. The van der Waals surface area contributed by atoms with Crippen LogP contribution in [-0.4, -0.2) is 25.1 Å². The van der Waals surface area contributed by atoms with E-state index < -0.39 is 0 Å². The summed E-state index contributed by atoms with van der Waals surface area (Å²) in [5, 5.41) is 18.1. The summed E-state index contributed by atoms with van der Waals surface area (Å²) < 4.78 is 0. The van der Waals surface area contributed by atoms with Crippen molar-refractivity contribution in [2.75, 3.05) is 5.32 Å². The number of aryl methyl sites for hydroxylation is 1. The van der Waals surface area contributed by atoms with Crippen molar-refractivity contribution in [1.82, 2.24) is 25.1 Å². The van der Waals surface area contributed by atoms with Crippen molar-refractivity contribution in [3.05, 3.63) is 29.6 Å². The molecular formula is C9H9N7. The second kappa shape index (κ2) is 4.35. The van der Waals surface area contributed by atoms with E-state index in [0.29, 0.717) is 24.0 Å². The Bertz CT molecular complexity index is 511. The summed E-state index contributed by atoms with van der Waals surface area (Å²) in [5.41, 5.74) is 1.08. The standard InChI is InChI=1S/C9H9N7/c1-6-2-7(3-10)15-9(14-6)11-4-8-12-5-13-16-8/h2,5H,4H2,1H3,(H,11,14,15)(H,12,13,16). The Morgan fingerprint density at radius 2 is 2.38 bits per heavy atom. The van der Waals surface area contributed by atoms with Crippen LogP contribution in [0.1, 0.15) is 17.2 Å². The largest absolute Gasteiger partial charge is 0.347 e. The van der Waals surface area contributed by atoms with Gasteiger partial charge in [0.2, 0.25) is 5.95 Å². The predicted octanol–water partition coefficient (Wildman–Crippen LogP) is 0.387. The van der Waals surface area contributed by atoms with Gasteiger partial charge >= 0.3 is 0 Å². The van der Waals surface area contributed by atoms with Crippen LogP contribution in [0.3, 0.4) is 0 Å². The van der Waals surface area contributed by atoms with E-state index >= 15 is 0 Å². The lowest BCUT2D eigenvalue weighted by Gasteiger charge is -2.03. The van der Waals surface area contributed by atoms with Gasteiger partial charge in [0.15, 0.2) is 0 Å². The van der Waals surface area contributed by atoms with Crippen LogP contribution in [0.2, 0.25) is 0 Å². The highest BCUT2D eigenvalue weighted by atomic mass is 15.2. The maximum absolute atomic E-state index is 8.74. The summed E-state index contributed by atoms with van der Waals surface area (Å²) in [6.07, 6.45) is 1.43. The van der Waals surface area contributed by atoms with Gasteiger partial charge in [-0.15, -0.1) is 0 Å². The molecule has 2 aromatic rings. The molecule has 0 saturated heterocycles. The molecule has 0 amide bonds. The Balaban J connectivity index is 2.10. The van der Waals surface area contributed by atoms with E-state index in [1.165, 1.54) is 6.33 Å². The zero-order valence-electron chi connectivity index (χ0n) is 8.60. The molecule has 2 aromatic heterocycles. The predicted molar refractivity (Wildman–Crippen MR) is 55.2 cm³/mol. The number of aromatic nitrogens is 5. The smallest absolute Gasteiger partial charge is 0.224 e. The fraction of sp³-hybridized carbons (Fsp3) is 0.222. The SMILES string of the molecule is Cc1cc(C#N)nc(NCc2ncn[nH]2)n1. The normalized spacial score (nSPS) is 9.75. The van der Waals surface area contributed by atoms with Crippen molar-refractivity contribution in [2.24, 2.45) is 0 Å². The maximum atomic E-state index is 8.74. The molecule has 7 heteroatoms. The van der Waals surface area contributed by atoms with Gasteiger partial charge < -0.3 is 5.32 Å². The second-order valence-electron chi connectivity index (χ2n) is 3.12. The maximum Gasteiger partial charge on any atom is 0.224 e. The van der Waals surface area contributed by atoms with Crippen molar-refractivity contribution in [1.29, 1.82) is 5.26 Å². The summed E-state index contributed by atoms with van der Waals surface area (Å²) in [7, 11) is 0. The topological polar surface area (TPSA) is 103 Å². The lowest BCUT2D eigenvalue weighted by Crippen LogP contribution is -2.06. The molecular weight excluding hydrogens is 206 g/mol. The van der Waals surface area contributed by atoms with E-state index in [-0.39, 0.29) is 0 Å². The molecule has 7 nitrogen and oxygen atoms in total. The Morgan fingerprint density at radius 1 is 1.50 bits per heavy atom. The molecule has 0 unspecified atom stereocenters. The number of hydrogen-bond donors (Lipinski definition) is 2. The molecule has 0 aliphatic carbocycles. The Kier molecular flexibility index (Phi) is 2.73. The number of anilines is 1. The van der Waals surface area contributed by atoms with Crippen LogP contribution in [0.15, 0.2) is 12.4 Å². The zero-order chi connectivity index (χ0) is 11.4. The third-order valence-corrected chi connectivity index (χ3v) is 1.85. The number of rotatable bonds is 3. The lowest BCUT2D eigenvalue weighted by molar-refractivity contribution is 0.929. The Labute approximate surface area is 91.6 Å². The Morgan fingerprint density at radius 3 is 3.06 bits per heavy atom. The average Bonchev–Trinajstić information content (AvgIpc) is 2.78. The molecule has 0 saturated carbocycles. The molecule has 16 heavy (non-hydrogen) atoms. The van der Waals surface area contributed by atoms with Gasteiger partial charge in [0.25, 0.3) is 0 Å². The van der Waals surface area contributed by atoms with Gasteiger partial charge in [-0.3, -0.25) is 5.10 Å². The first-order valence-corrected chi connectivity index (χ1v) is 4.62. The highest BCUT2D eigenvalue weighted by molar-refractivity contribution is 5.32. The molecule has 0 fully saturated rings. The number of hydrogen-bond acceptors (Lipinski definition) is 6. The summed E-state index contributed by atoms with van der Waals surface area (Å²) in [6, 6.07) is 3.60. The second-order valence-corrected chi connectivity index (χ2v) is 3.12. The number of nitriles is 1. The third kappa shape index (κ3) is 2.30. The minimum absolute atomic E-state index is 0.340. The molecule has 0 spiro atoms. The van der Waals surface area contributed by atoms with Gasteiger partial charge in [0, 0.05) is 5.69 Å². The zero-order valence-corrected chi connectivity index (χ0v) is 8.60. The van der Waals surface area contributed by atoms with Crippen LogP contribution in [0.25, 0.3) is 0 Å². The van der Waals surface area contributed by atoms with Crippen LogP contribution in [0, 0.1) is 18.3 Å². The molecule has 2 heterocycles. The van der Waals surface area contributed by atoms with Gasteiger partial charge in [-0.1, -0.05) is 0 Å². The summed E-state index contributed by atoms with van der Waals surface area (Å²) in [6.45, 7) is 2.25. The van der Waals surface area contributed by atoms with E-state index in [2.05, 4.69) is 30.5 Å². The number of nitrogens with one attached hydrogen (secondary N) is 2. The minimum Gasteiger partial charge on any atom is -0.347 e. The molecule has 0 atom stereocenters. The fourth-order valence-electron chi connectivity index (χ4n) is 1.18. The van der Waals surface area contributed by atoms with Crippen LogP contribution < -0.4 is 5.32 Å². The summed E-state index contributed by atoms with van der Waals surface area (Å²) >= 11 is 0. The highest BCUT2D eigenvalue weighted by Gasteiger charge is 2.02. The van der Waals surface area contributed by atoms with Crippen LogP contribution in [0.4, 0.5) is 5.95 Å². The van der Waals surface area contributed by atoms with Crippen LogP contribution in [0.5, 0.6) is 0 Å². The van der Waals surface area contributed by atoms with E-state index in [1.54, 1.807) is 6.07 Å². The van der Waals surface area contributed by atoms with Crippen molar-refractivity contribution in [3.63, 3.8) is 0 Å². The minimum atomic E-state index is 0.340. The van der Waals surface area contributed by atoms with Crippen molar-refractivity contribution in [3.8, 4) is 6.07 Å². The van der Waals surface area contributed by atoms with E-state index in [4.69, 9.17) is 5.26 Å². The first kappa shape index (κ1) is 10.0. The van der Waals surface area contributed by atoms with E-state index in [0.717, 1.165) is 5.69 Å². The van der Waals surface area contributed by atoms with Gasteiger partial charge in [-0.2, -0.15) is 10.4 Å². The van der Waals surface area contributed by atoms with Gasteiger partial charge in [0.05, 0.1) is 6.54 Å². The number of nitrogens with zero attached hydrogens (tertiary/aromatic N) is 5. The quantitative estimate of drug-likeness (QED) is 0.767. The molecule has 0 radical (unpaired) electrons. The Hall–Kier alpha value is -2.49. The molecule has 0 aromatic carbocycles.